The second kappa shape index (κ2) is 5.50. The van der Waals surface area contributed by atoms with E-state index < -0.39 is 12.0 Å². The summed E-state index contributed by atoms with van der Waals surface area (Å²) in [6.07, 6.45) is 0. The van der Waals surface area contributed by atoms with Gasteiger partial charge in [0, 0.05) is 0 Å². The summed E-state index contributed by atoms with van der Waals surface area (Å²) in [5.74, 6) is -1.14. The molecule has 1 aliphatic rings. The second-order valence-corrected chi connectivity index (χ2v) is 2.90. The molecule has 0 bridgehead atoms. The fourth-order valence-electron chi connectivity index (χ4n) is 0.956. The molecule has 1 aromatic carbocycles. The second-order valence-electron chi connectivity index (χ2n) is 2.90. The predicted octanol–water partition coefficient (Wildman–Crippen LogP) is 0.211. The Morgan fingerprint density at radius 1 is 1.19 bits per heavy atom. The van der Waals surface area contributed by atoms with E-state index in [1.165, 1.54) is 0 Å². The third-order valence-corrected chi connectivity index (χ3v) is 1.68. The van der Waals surface area contributed by atoms with Gasteiger partial charge in [-0.05, 0) is 12.1 Å². The molecule has 0 radical (unpaired) electrons. The number of benzene rings is 1. The maximum atomic E-state index is 10.2. The van der Waals surface area contributed by atoms with Gasteiger partial charge in [0.05, 0.1) is 12.1 Å². The van der Waals surface area contributed by atoms with Crippen molar-refractivity contribution in [3.8, 4) is 0 Å². The van der Waals surface area contributed by atoms with Crippen LogP contribution in [-0.2, 0) is 4.79 Å². The van der Waals surface area contributed by atoms with Gasteiger partial charge < -0.3 is 10.4 Å². The zero-order chi connectivity index (χ0) is 12.0. The Balaban J connectivity index is 0.000000165. The summed E-state index contributed by atoms with van der Waals surface area (Å²) in [4.78, 5) is 30.3. The van der Waals surface area contributed by atoms with E-state index in [0.29, 0.717) is 5.56 Å². The number of aromatic carboxylic acids is 1. The van der Waals surface area contributed by atoms with E-state index in [4.69, 9.17) is 5.11 Å². The molecule has 2 rings (SSSR count). The number of rotatable bonds is 1. The number of urea groups is 1. The first-order valence-electron chi connectivity index (χ1n) is 4.45. The molecule has 6 heteroatoms. The largest absolute Gasteiger partial charge is 0.478 e. The first-order chi connectivity index (χ1) is 7.59. The molecule has 0 unspecified atom stereocenters. The predicted molar refractivity (Wildman–Crippen MR) is 54.9 cm³/mol. The molecule has 1 saturated heterocycles. The number of hydrogen-bond acceptors (Lipinski definition) is 3. The van der Waals surface area contributed by atoms with Crippen molar-refractivity contribution in [2.45, 2.75) is 0 Å². The van der Waals surface area contributed by atoms with Crippen molar-refractivity contribution < 1.29 is 19.5 Å². The topological polar surface area (TPSA) is 95.5 Å². The van der Waals surface area contributed by atoms with Crippen LogP contribution in [0.2, 0.25) is 0 Å². The molecule has 0 aromatic heterocycles. The van der Waals surface area contributed by atoms with Crippen LogP contribution < -0.4 is 10.6 Å². The maximum Gasteiger partial charge on any atom is 0.335 e. The van der Waals surface area contributed by atoms with Crippen molar-refractivity contribution in [1.82, 2.24) is 10.6 Å². The number of nitrogens with one attached hydrogen (secondary N) is 2. The number of hydrogen-bond donors (Lipinski definition) is 3. The monoisotopic (exact) mass is 222 g/mol. The van der Waals surface area contributed by atoms with Gasteiger partial charge in [0.25, 0.3) is 0 Å². The number of imide groups is 1. The molecule has 1 heterocycles. The third kappa shape index (κ3) is 3.79. The molecule has 1 aliphatic heterocycles. The summed E-state index contributed by atoms with van der Waals surface area (Å²) >= 11 is 0. The van der Waals surface area contributed by atoms with Crippen LogP contribution >= 0.6 is 0 Å². The lowest BCUT2D eigenvalue weighted by Crippen LogP contribution is -2.22. The minimum atomic E-state index is -0.879. The number of amides is 3. The van der Waals surface area contributed by atoms with E-state index >= 15 is 0 Å². The lowest BCUT2D eigenvalue weighted by molar-refractivity contribution is -0.117. The fourth-order valence-corrected chi connectivity index (χ4v) is 0.956. The zero-order valence-electron chi connectivity index (χ0n) is 8.27. The molecular formula is C10H10N2O4. The molecule has 1 fully saturated rings. The van der Waals surface area contributed by atoms with Crippen molar-refractivity contribution in [1.29, 1.82) is 0 Å². The Morgan fingerprint density at radius 2 is 1.81 bits per heavy atom. The van der Waals surface area contributed by atoms with Gasteiger partial charge in [-0.3, -0.25) is 10.1 Å². The Morgan fingerprint density at radius 3 is 2.06 bits per heavy atom. The van der Waals surface area contributed by atoms with E-state index in [-0.39, 0.29) is 12.5 Å². The zero-order valence-corrected chi connectivity index (χ0v) is 8.27. The molecule has 3 amide bonds. The summed E-state index contributed by atoms with van der Waals surface area (Å²) in [5.41, 5.74) is 0.331. The molecule has 6 nitrogen and oxygen atoms in total. The van der Waals surface area contributed by atoms with Crippen LogP contribution in [0.15, 0.2) is 30.3 Å². The minimum Gasteiger partial charge on any atom is -0.478 e. The highest BCUT2D eigenvalue weighted by Gasteiger charge is 2.14. The van der Waals surface area contributed by atoms with E-state index in [0.717, 1.165) is 0 Å². The van der Waals surface area contributed by atoms with Crippen LogP contribution in [0.3, 0.4) is 0 Å². The summed E-state index contributed by atoms with van der Waals surface area (Å²) in [6.45, 7) is 0.124. The molecule has 0 aliphatic carbocycles. The first kappa shape index (κ1) is 11.7. The molecule has 1 aromatic rings. The molecule has 84 valence electrons. The third-order valence-electron chi connectivity index (χ3n) is 1.68. The highest BCUT2D eigenvalue weighted by molar-refractivity contribution is 6.01. The molecule has 3 N–H and O–H groups in total. The van der Waals surface area contributed by atoms with Gasteiger partial charge in [-0.2, -0.15) is 0 Å². The van der Waals surface area contributed by atoms with Crippen LogP contribution in [0.5, 0.6) is 0 Å². The quantitative estimate of drug-likeness (QED) is 0.592. The van der Waals surface area contributed by atoms with Gasteiger partial charge >= 0.3 is 12.0 Å². The number of carboxylic acids is 1. The Kier molecular flexibility index (Phi) is 4.02. The normalized spacial score (nSPS) is 13.2. The van der Waals surface area contributed by atoms with E-state index in [1.54, 1.807) is 30.3 Å². The molecule has 0 spiro atoms. The molecule has 16 heavy (non-hydrogen) atoms. The van der Waals surface area contributed by atoms with Gasteiger partial charge in [0.15, 0.2) is 0 Å². The smallest absolute Gasteiger partial charge is 0.335 e. The van der Waals surface area contributed by atoms with Crippen molar-refractivity contribution >= 4 is 17.9 Å². The highest BCUT2D eigenvalue weighted by Crippen LogP contribution is 1.96. The number of carbonyl (C=O) groups is 3. The van der Waals surface area contributed by atoms with Crippen molar-refractivity contribution in [3.05, 3.63) is 35.9 Å². The molecule has 0 atom stereocenters. The van der Waals surface area contributed by atoms with Gasteiger partial charge in [0.1, 0.15) is 0 Å². The first-order valence-corrected chi connectivity index (χ1v) is 4.45. The average molecular weight is 222 g/mol. The van der Waals surface area contributed by atoms with E-state index in [9.17, 15) is 14.4 Å². The van der Waals surface area contributed by atoms with Crippen LogP contribution in [-0.4, -0.2) is 29.6 Å². The van der Waals surface area contributed by atoms with Gasteiger partial charge in [-0.25, -0.2) is 9.59 Å². The fraction of sp³-hybridized carbons (Fsp3) is 0.100. The van der Waals surface area contributed by atoms with Crippen LogP contribution in [0.1, 0.15) is 10.4 Å². The lowest BCUT2D eigenvalue weighted by Gasteiger charge is -1.88. The summed E-state index contributed by atoms with van der Waals surface area (Å²) in [6, 6.07) is 7.90. The van der Waals surface area contributed by atoms with Gasteiger partial charge in [0.2, 0.25) is 5.91 Å². The highest BCUT2D eigenvalue weighted by atomic mass is 16.4. The SMILES string of the molecule is O=C(O)c1ccccc1.O=C1CNC(=O)N1. The van der Waals surface area contributed by atoms with Crippen molar-refractivity contribution in [3.63, 3.8) is 0 Å². The average Bonchev–Trinajstić information content (AvgIpc) is 2.65. The minimum absolute atomic E-state index is 0.124. The van der Waals surface area contributed by atoms with Crippen molar-refractivity contribution in [2.75, 3.05) is 6.54 Å². The van der Waals surface area contributed by atoms with E-state index in [1.807, 2.05) is 5.32 Å². The van der Waals surface area contributed by atoms with Crippen LogP contribution in [0, 0.1) is 0 Å². The summed E-state index contributed by atoms with van der Waals surface area (Å²) in [5, 5.41) is 12.7. The van der Waals surface area contributed by atoms with Crippen molar-refractivity contribution in [2.24, 2.45) is 0 Å². The molecular weight excluding hydrogens is 212 g/mol. The van der Waals surface area contributed by atoms with Crippen LogP contribution in [0.25, 0.3) is 0 Å². The Bertz CT molecular complexity index is 389. The lowest BCUT2D eigenvalue weighted by atomic mass is 10.2. The van der Waals surface area contributed by atoms with E-state index in [2.05, 4.69) is 5.32 Å². The number of carbonyl (C=O) groups excluding carboxylic acids is 2. The Hall–Kier alpha value is -2.37. The van der Waals surface area contributed by atoms with Crippen LogP contribution in [0.4, 0.5) is 4.79 Å². The van der Waals surface area contributed by atoms with Gasteiger partial charge in [-0.1, -0.05) is 18.2 Å². The standard InChI is InChI=1S/C7H6O2.C3H4N2O2/c8-7(9)6-4-2-1-3-5-6;6-2-1-4-3(7)5-2/h1-5H,(H,8,9);1H2,(H2,4,5,6,7). The summed E-state index contributed by atoms with van der Waals surface area (Å²) in [7, 11) is 0. The van der Waals surface area contributed by atoms with Gasteiger partial charge in [-0.15, -0.1) is 0 Å². The maximum absolute atomic E-state index is 10.2. The summed E-state index contributed by atoms with van der Waals surface area (Å²) < 4.78 is 0. The number of carboxylic acid groups (broad SMARTS) is 1. The molecule has 0 saturated carbocycles. The Labute approximate surface area is 91.3 Å².